The van der Waals surface area contributed by atoms with Crippen LogP contribution < -0.4 is 4.74 Å². The molecule has 0 N–H and O–H groups in total. The number of oxazole rings is 1. The SMILES string of the molecule is COc1ccc([C@@H]2CCCCCN2Cc2nc(C)c(C)o2)cc1. The molecular weight excluding hydrogens is 288 g/mol. The fourth-order valence-corrected chi connectivity index (χ4v) is 3.34. The third-order valence-electron chi connectivity index (χ3n) is 4.78. The van der Waals surface area contributed by atoms with Crippen molar-refractivity contribution in [3.63, 3.8) is 0 Å². The minimum absolute atomic E-state index is 0.427. The second-order valence-corrected chi connectivity index (χ2v) is 6.36. The van der Waals surface area contributed by atoms with Gasteiger partial charge in [-0.3, -0.25) is 4.90 Å². The molecule has 1 saturated heterocycles. The third kappa shape index (κ3) is 3.75. The van der Waals surface area contributed by atoms with Crippen LogP contribution in [0.2, 0.25) is 0 Å². The third-order valence-corrected chi connectivity index (χ3v) is 4.78. The number of hydrogen-bond acceptors (Lipinski definition) is 4. The van der Waals surface area contributed by atoms with Gasteiger partial charge >= 0.3 is 0 Å². The van der Waals surface area contributed by atoms with Gasteiger partial charge in [-0.15, -0.1) is 0 Å². The van der Waals surface area contributed by atoms with Crippen molar-refractivity contribution < 1.29 is 9.15 Å². The van der Waals surface area contributed by atoms with Crippen LogP contribution in [0.1, 0.15) is 54.6 Å². The van der Waals surface area contributed by atoms with Gasteiger partial charge in [0.2, 0.25) is 5.89 Å². The lowest BCUT2D eigenvalue weighted by Gasteiger charge is -2.29. The average Bonchev–Trinajstić information content (AvgIpc) is 2.76. The van der Waals surface area contributed by atoms with Crippen LogP contribution >= 0.6 is 0 Å². The molecule has 0 amide bonds. The molecule has 1 aromatic heterocycles. The van der Waals surface area contributed by atoms with Gasteiger partial charge in [0.1, 0.15) is 11.5 Å². The van der Waals surface area contributed by atoms with E-state index in [4.69, 9.17) is 9.15 Å². The maximum absolute atomic E-state index is 5.81. The Kier molecular flexibility index (Phi) is 5.01. The molecule has 0 unspecified atom stereocenters. The van der Waals surface area contributed by atoms with E-state index >= 15 is 0 Å². The lowest BCUT2D eigenvalue weighted by atomic mass is 10.0. The standard InChI is InChI=1S/C19H26N2O2/c1-14-15(2)23-19(20-14)13-21-12-6-4-5-7-18(21)16-8-10-17(22-3)11-9-16/h8-11,18H,4-7,12-13H2,1-3H3/t18-/m0/s1. The monoisotopic (exact) mass is 314 g/mol. The van der Waals surface area contributed by atoms with Crippen LogP contribution in [0, 0.1) is 13.8 Å². The summed E-state index contributed by atoms with van der Waals surface area (Å²) in [5.74, 6) is 2.67. The minimum atomic E-state index is 0.427. The minimum Gasteiger partial charge on any atom is -0.497 e. The largest absolute Gasteiger partial charge is 0.497 e. The number of aryl methyl sites for hydroxylation is 2. The number of rotatable bonds is 4. The second kappa shape index (κ2) is 7.18. The van der Waals surface area contributed by atoms with E-state index in [0.717, 1.165) is 36.2 Å². The predicted molar refractivity (Wildman–Crippen MR) is 90.6 cm³/mol. The highest BCUT2D eigenvalue weighted by molar-refractivity contribution is 5.29. The zero-order valence-electron chi connectivity index (χ0n) is 14.3. The lowest BCUT2D eigenvalue weighted by molar-refractivity contribution is 0.173. The van der Waals surface area contributed by atoms with Crippen molar-refractivity contribution in [1.29, 1.82) is 0 Å². The van der Waals surface area contributed by atoms with Crippen LogP contribution in [0.25, 0.3) is 0 Å². The Balaban J connectivity index is 1.81. The molecule has 2 aromatic rings. The Hall–Kier alpha value is -1.81. The van der Waals surface area contributed by atoms with Crippen molar-refractivity contribution in [2.45, 2.75) is 52.1 Å². The molecule has 0 spiro atoms. The van der Waals surface area contributed by atoms with Gasteiger partial charge in [-0.1, -0.05) is 25.0 Å². The Labute approximate surface area is 138 Å². The first-order chi connectivity index (χ1) is 11.2. The fraction of sp³-hybridized carbons (Fsp3) is 0.526. The first-order valence-electron chi connectivity index (χ1n) is 8.48. The molecule has 1 aromatic carbocycles. The molecule has 23 heavy (non-hydrogen) atoms. The van der Waals surface area contributed by atoms with Gasteiger partial charge in [-0.2, -0.15) is 0 Å². The van der Waals surface area contributed by atoms with Gasteiger partial charge in [0.25, 0.3) is 0 Å². The molecule has 0 saturated carbocycles. The zero-order chi connectivity index (χ0) is 16.2. The van der Waals surface area contributed by atoms with Gasteiger partial charge in [0.15, 0.2) is 0 Å². The molecule has 1 fully saturated rings. The van der Waals surface area contributed by atoms with E-state index in [1.54, 1.807) is 7.11 Å². The Morgan fingerprint density at radius 2 is 1.96 bits per heavy atom. The van der Waals surface area contributed by atoms with Gasteiger partial charge in [0.05, 0.1) is 19.3 Å². The molecule has 4 nitrogen and oxygen atoms in total. The van der Waals surface area contributed by atoms with Crippen LogP contribution in [0.3, 0.4) is 0 Å². The molecule has 124 valence electrons. The Morgan fingerprint density at radius 3 is 2.61 bits per heavy atom. The number of nitrogens with zero attached hydrogens (tertiary/aromatic N) is 2. The van der Waals surface area contributed by atoms with Gasteiger partial charge < -0.3 is 9.15 Å². The first-order valence-corrected chi connectivity index (χ1v) is 8.48. The second-order valence-electron chi connectivity index (χ2n) is 6.36. The van der Waals surface area contributed by atoms with Crippen molar-refractivity contribution in [3.05, 3.63) is 47.2 Å². The number of ether oxygens (including phenoxy) is 1. The highest BCUT2D eigenvalue weighted by atomic mass is 16.5. The number of aromatic nitrogens is 1. The van der Waals surface area contributed by atoms with E-state index in [1.165, 1.54) is 31.2 Å². The summed E-state index contributed by atoms with van der Waals surface area (Å²) in [4.78, 5) is 7.08. The summed E-state index contributed by atoms with van der Waals surface area (Å²) >= 11 is 0. The summed E-state index contributed by atoms with van der Waals surface area (Å²) in [6.45, 7) is 5.86. The van der Waals surface area contributed by atoms with Crippen molar-refractivity contribution in [1.82, 2.24) is 9.88 Å². The number of methoxy groups -OCH3 is 1. The van der Waals surface area contributed by atoms with Crippen LogP contribution in [0.5, 0.6) is 5.75 Å². The first kappa shape index (κ1) is 16.1. The number of likely N-dealkylation sites (tertiary alicyclic amines) is 1. The van der Waals surface area contributed by atoms with Crippen LogP contribution in [0.15, 0.2) is 28.7 Å². The molecular formula is C19H26N2O2. The van der Waals surface area contributed by atoms with Crippen molar-refractivity contribution in [2.24, 2.45) is 0 Å². The Bertz CT molecular complexity index is 614. The normalized spacial score (nSPS) is 19.5. The topological polar surface area (TPSA) is 38.5 Å². The fourth-order valence-electron chi connectivity index (χ4n) is 3.34. The van der Waals surface area contributed by atoms with Crippen LogP contribution in [-0.4, -0.2) is 23.5 Å². The maximum Gasteiger partial charge on any atom is 0.208 e. The molecule has 1 aliphatic heterocycles. The Morgan fingerprint density at radius 1 is 1.17 bits per heavy atom. The van der Waals surface area contributed by atoms with E-state index in [0.29, 0.717) is 6.04 Å². The molecule has 1 atom stereocenters. The summed E-state index contributed by atoms with van der Waals surface area (Å²) in [7, 11) is 1.71. The van der Waals surface area contributed by atoms with E-state index in [-0.39, 0.29) is 0 Å². The van der Waals surface area contributed by atoms with E-state index in [9.17, 15) is 0 Å². The molecule has 4 heteroatoms. The number of hydrogen-bond donors (Lipinski definition) is 0. The van der Waals surface area contributed by atoms with Gasteiger partial charge in [-0.25, -0.2) is 4.98 Å². The predicted octanol–water partition coefficient (Wildman–Crippen LogP) is 4.42. The van der Waals surface area contributed by atoms with E-state index < -0.39 is 0 Å². The molecule has 0 bridgehead atoms. The molecule has 2 heterocycles. The summed E-state index contributed by atoms with van der Waals surface area (Å²) in [6, 6.07) is 8.91. The quantitative estimate of drug-likeness (QED) is 0.837. The van der Waals surface area contributed by atoms with Gasteiger partial charge in [0, 0.05) is 6.04 Å². The maximum atomic E-state index is 5.81. The smallest absolute Gasteiger partial charge is 0.208 e. The summed E-state index contributed by atoms with van der Waals surface area (Å²) in [5.41, 5.74) is 2.35. The molecule has 0 aliphatic carbocycles. The lowest BCUT2D eigenvalue weighted by Crippen LogP contribution is -2.28. The summed E-state index contributed by atoms with van der Waals surface area (Å²) < 4.78 is 11.1. The average molecular weight is 314 g/mol. The van der Waals surface area contributed by atoms with Gasteiger partial charge in [-0.05, 0) is 50.9 Å². The zero-order valence-corrected chi connectivity index (χ0v) is 14.3. The van der Waals surface area contributed by atoms with Crippen molar-refractivity contribution >= 4 is 0 Å². The highest BCUT2D eigenvalue weighted by Crippen LogP contribution is 2.32. The van der Waals surface area contributed by atoms with Crippen molar-refractivity contribution in [2.75, 3.05) is 13.7 Å². The highest BCUT2D eigenvalue weighted by Gasteiger charge is 2.24. The molecule has 1 aliphatic rings. The van der Waals surface area contributed by atoms with Crippen LogP contribution in [0.4, 0.5) is 0 Å². The van der Waals surface area contributed by atoms with E-state index in [1.807, 2.05) is 13.8 Å². The molecule has 0 radical (unpaired) electrons. The number of benzene rings is 1. The summed E-state index contributed by atoms with van der Waals surface area (Å²) in [6.07, 6.45) is 5.00. The van der Waals surface area contributed by atoms with Crippen molar-refractivity contribution in [3.8, 4) is 5.75 Å². The van der Waals surface area contributed by atoms with Crippen LogP contribution in [-0.2, 0) is 6.54 Å². The summed E-state index contributed by atoms with van der Waals surface area (Å²) in [5, 5.41) is 0. The molecule has 3 rings (SSSR count). The van der Waals surface area contributed by atoms with E-state index in [2.05, 4.69) is 34.1 Å².